The quantitative estimate of drug-likeness (QED) is 0.561. The molecule has 1 unspecified atom stereocenters. The van der Waals surface area contributed by atoms with Crippen molar-refractivity contribution in [1.82, 2.24) is 0 Å². The van der Waals surface area contributed by atoms with Gasteiger partial charge in [-0.15, -0.1) is 0 Å². The van der Waals surface area contributed by atoms with Crippen molar-refractivity contribution in [3.63, 3.8) is 0 Å². The molecule has 0 saturated carbocycles. The second-order valence-electron chi connectivity index (χ2n) is 2.65. The fourth-order valence-electron chi connectivity index (χ4n) is 0.954. The summed E-state index contributed by atoms with van der Waals surface area (Å²) in [4.78, 5) is 21.7. The van der Waals surface area contributed by atoms with Crippen LogP contribution in [0.3, 0.4) is 0 Å². The van der Waals surface area contributed by atoms with Crippen molar-refractivity contribution in [3.05, 3.63) is 24.2 Å². The van der Waals surface area contributed by atoms with Crippen molar-refractivity contribution >= 4 is 11.8 Å². The van der Waals surface area contributed by atoms with E-state index in [-0.39, 0.29) is 12.2 Å². The van der Waals surface area contributed by atoms with Crippen LogP contribution in [-0.4, -0.2) is 24.0 Å². The summed E-state index contributed by atoms with van der Waals surface area (Å²) in [6.45, 7) is 0. The van der Waals surface area contributed by atoms with E-state index in [0.717, 1.165) is 7.11 Å². The summed E-state index contributed by atoms with van der Waals surface area (Å²) >= 11 is 0. The molecule has 1 rings (SSSR count). The molecular formula is C9H10O5. The SMILES string of the molecule is COC(=O)C(=O)CC(O)c1ccco1. The van der Waals surface area contributed by atoms with Gasteiger partial charge in [0.05, 0.1) is 19.8 Å². The number of hydrogen-bond donors (Lipinski definition) is 1. The molecule has 5 nitrogen and oxygen atoms in total. The largest absolute Gasteiger partial charge is 0.467 e. The van der Waals surface area contributed by atoms with Crippen molar-refractivity contribution in [2.24, 2.45) is 0 Å². The molecule has 1 heterocycles. The van der Waals surface area contributed by atoms with Crippen molar-refractivity contribution in [2.45, 2.75) is 12.5 Å². The Morgan fingerprint density at radius 1 is 1.64 bits per heavy atom. The van der Waals surface area contributed by atoms with E-state index in [1.54, 1.807) is 6.07 Å². The minimum Gasteiger partial charge on any atom is -0.467 e. The Kier molecular flexibility index (Phi) is 3.41. The van der Waals surface area contributed by atoms with Gasteiger partial charge in [-0.3, -0.25) is 4.79 Å². The van der Waals surface area contributed by atoms with Gasteiger partial charge in [-0.25, -0.2) is 4.79 Å². The highest BCUT2D eigenvalue weighted by Crippen LogP contribution is 2.16. The Morgan fingerprint density at radius 3 is 2.86 bits per heavy atom. The first-order valence-corrected chi connectivity index (χ1v) is 3.97. The molecule has 0 aliphatic rings. The lowest BCUT2D eigenvalue weighted by Crippen LogP contribution is -2.18. The molecule has 0 saturated heterocycles. The number of hydrogen-bond acceptors (Lipinski definition) is 5. The molecular weight excluding hydrogens is 188 g/mol. The maximum Gasteiger partial charge on any atom is 0.374 e. The van der Waals surface area contributed by atoms with Crippen LogP contribution in [0.1, 0.15) is 18.3 Å². The molecule has 1 aromatic rings. The molecule has 1 N–H and O–H groups in total. The third kappa shape index (κ3) is 2.43. The van der Waals surface area contributed by atoms with Gasteiger partial charge in [0.2, 0.25) is 5.78 Å². The fraction of sp³-hybridized carbons (Fsp3) is 0.333. The molecule has 14 heavy (non-hydrogen) atoms. The zero-order valence-corrected chi connectivity index (χ0v) is 7.60. The van der Waals surface area contributed by atoms with E-state index in [0.29, 0.717) is 0 Å². The van der Waals surface area contributed by atoms with Crippen molar-refractivity contribution in [1.29, 1.82) is 0 Å². The zero-order chi connectivity index (χ0) is 10.6. The monoisotopic (exact) mass is 198 g/mol. The number of carbonyl (C=O) groups is 2. The Balaban J connectivity index is 2.53. The van der Waals surface area contributed by atoms with Crippen LogP contribution in [0.15, 0.2) is 22.8 Å². The van der Waals surface area contributed by atoms with Crippen LogP contribution in [0, 0.1) is 0 Å². The van der Waals surface area contributed by atoms with Crippen molar-refractivity contribution < 1.29 is 23.8 Å². The zero-order valence-electron chi connectivity index (χ0n) is 7.60. The van der Waals surface area contributed by atoms with Crippen LogP contribution >= 0.6 is 0 Å². The highest BCUT2D eigenvalue weighted by atomic mass is 16.5. The van der Waals surface area contributed by atoms with Gasteiger partial charge >= 0.3 is 5.97 Å². The Labute approximate surface area is 80.3 Å². The van der Waals surface area contributed by atoms with E-state index in [1.807, 2.05) is 0 Å². The first-order valence-electron chi connectivity index (χ1n) is 3.97. The minimum absolute atomic E-state index is 0.252. The standard InChI is InChI=1S/C9H10O5/c1-13-9(12)7(11)5-6(10)8-3-2-4-14-8/h2-4,6,10H,5H2,1H3. The number of methoxy groups -OCH3 is 1. The molecule has 76 valence electrons. The van der Waals surface area contributed by atoms with Crippen LogP contribution in [-0.2, 0) is 14.3 Å². The molecule has 0 aromatic carbocycles. The smallest absolute Gasteiger partial charge is 0.374 e. The lowest BCUT2D eigenvalue weighted by Gasteiger charge is -2.04. The van der Waals surface area contributed by atoms with E-state index in [1.165, 1.54) is 12.3 Å². The molecule has 1 aromatic heterocycles. The van der Waals surface area contributed by atoms with Gasteiger partial charge in [0.25, 0.3) is 0 Å². The van der Waals surface area contributed by atoms with Crippen LogP contribution in [0.2, 0.25) is 0 Å². The third-order valence-corrected chi connectivity index (χ3v) is 1.66. The second-order valence-corrected chi connectivity index (χ2v) is 2.65. The number of rotatable bonds is 4. The van der Waals surface area contributed by atoms with Gasteiger partial charge in [0, 0.05) is 0 Å². The number of furan rings is 1. The van der Waals surface area contributed by atoms with E-state index in [9.17, 15) is 14.7 Å². The maximum absolute atomic E-state index is 11.0. The van der Waals surface area contributed by atoms with E-state index in [4.69, 9.17) is 4.42 Å². The summed E-state index contributed by atoms with van der Waals surface area (Å²) < 4.78 is 9.06. The van der Waals surface area contributed by atoms with Crippen LogP contribution in [0.25, 0.3) is 0 Å². The average Bonchev–Trinajstić information content (AvgIpc) is 2.69. The summed E-state index contributed by atoms with van der Waals surface area (Å²) in [6, 6.07) is 3.11. The maximum atomic E-state index is 11.0. The molecule has 1 atom stereocenters. The summed E-state index contributed by atoms with van der Waals surface area (Å²) in [5.41, 5.74) is 0. The highest BCUT2D eigenvalue weighted by molar-refractivity contribution is 6.33. The molecule has 0 radical (unpaired) electrons. The fourth-order valence-corrected chi connectivity index (χ4v) is 0.954. The lowest BCUT2D eigenvalue weighted by molar-refractivity contribution is -0.152. The van der Waals surface area contributed by atoms with Gasteiger partial charge in [-0.2, -0.15) is 0 Å². The molecule has 0 fully saturated rings. The Morgan fingerprint density at radius 2 is 2.36 bits per heavy atom. The first-order chi connectivity index (χ1) is 6.65. The summed E-state index contributed by atoms with van der Waals surface area (Å²) in [5, 5.41) is 9.40. The first kappa shape index (κ1) is 10.5. The van der Waals surface area contributed by atoms with Crippen LogP contribution in [0.4, 0.5) is 0 Å². The predicted octanol–water partition coefficient (Wildman–Crippen LogP) is 0.445. The predicted molar refractivity (Wildman–Crippen MR) is 45.3 cm³/mol. The second kappa shape index (κ2) is 4.57. The topological polar surface area (TPSA) is 76.7 Å². The number of Topliss-reactive ketones (excluding diaryl/α,β-unsaturated/α-hetero) is 1. The number of ketones is 1. The van der Waals surface area contributed by atoms with Gasteiger partial charge in [-0.1, -0.05) is 0 Å². The molecule has 0 aliphatic heterocycles. The average molecular weight is 198 g/mol. The summed E-state index contributed by atoms with van der Waals surface area (Å²) in [6.07, 6.45) is -0.0574. The molecule has 0 amide bonds. The minimum atomic E-state index is -1.10. The highest BCUT2D eigenvalue weighted by Gasteiger charge is 2.21. The van der Waals surface area contributed by atoms with E-state index in [2.05, 4.69) is 4.74 Å². The number of ether oxygens (including phenoxy) is 1. The summed E-state index contributed by atoms with van der Waals surface area (Å²) in [7, 11) is 1.11. The number of aliphatic hydroxyl groups excluding tert-OH is 1. The van der Waals surface area contributed by atoms with Gasteiger partial charge in [-0.05, 0) is 12.1 Å². The molecule has 5 heteroatoms. The number of carbonyl (C=O) groups excluding carboxylic acids is 2. The third-order valence-electron chi connectivity index (χ3n) is 1.66. The van der Waals surface area contributed by atoms with Gasteiger partial charge in [0.15, 0.2) is 0 Å². The molecule has 0 aliphatic carbocycles. The normalized spacial score (nSPS) is 12.1. The molecule has 0 bridgehead atoms. The lowest BCUT2D eigenvalue weighted by atomic mass is 10.1. The molecule has 0 spiro atoms. The van der Waals surface area contributed by atoms with E-state index < -0.39 is 17.9 Å². The summed E-state index contributed by atoms with van der Waals surface area (Å²) in [5.74, 6) is -1.49. The van der Waals surface area contributed by atoms with E-state index >= 15 is 0 Å². The number of aliphatic hydroxyl groups is 1. The van der Waals surface area contributed by atoms with Crippen LogP contribution < -0.4 is 0 Å². The number of esters is 1. The van der Waals surface area contributed by atoms with Gasteiger partial charge in [0.1, 0.15) is 11.9 Å². The van der Waals surface area contributed by atoms with Crippen molar-refractivity contribution in [2.75, 3.05) is 7.11 Å². The van der Waals surface area contributed by atoms with Gasteiger partial charge < -0.3 is 14.3 Å². The Bertz CT molecular complexity index is 314. The van der Waals surface area contributed by atoms with Crippen molar-refractivity contribution in [3.8, 4) is 0 Å². The Hall–Kier alpha value is -1.62. The van der Waals surface area contributed by atoms with Crippen LogP contribution in [0.5, 0.6) is 0 Å².